The van der Waals surface area contributed by atoms with Gasteiger partial charge in [0.2, 0.25) is 0 Å². The monoisotopic (exact) mass is 255 g/mol. The number of morpholine rings is 1. The SMILES string of the molecule is Cc1ccc2cc(CCC3COCCN3)ccc2c1. The Morgan fingerprint density at radius 1 is 1.16 bits per heavy atom. The number of hydrogen-bond donors (Lipinski definition) is 1. The molecule has 0 amide bonds. The van der Waals surface area contributed by atoms with Crippen LogP contribution in [-0.2, 0) is 11.2 Å². The maximum atomic E-state index is 5.49. The summed E-state index contributed by atoms with van der Waals surface area (Å²) in [6, 6.07) is 14.0. The van der Waals surface area contributed by atoms with E-state index in [1.54, 1.807) is 0 Å². The lowest BCUT2D eigenvalue weighted by molar-refractivity contribution is 0.0743. The first-order valence-corrected chi connectivity index (χ1v) is 7.12. The van der Waals surface area contributed by atoms with Crippen LogP contribution in [0.1, 0.15) is 17.5 Å². The molecule has 1 fully saturated rings. The Labute approximate surface area is 114 Å². The first-order chi connectivity index (χ1) is 9.31. The third-order valence-corrected chi connectivity index (χ3v) is 3.84. The van der Waals surface area contributed by atoms with E-state index in [1.807, 2.05) is 0 Å². The van der Waals surface area contributed by atoms with Crippen molar-refractivity contribution < 1.29 is 4.74 Å². The molecule has 0 spiro atoms. The molecule has 1 saturated heterocycles. The van der Waals surface area contributed by atoms with Crippen LogP contribution in [0.5, 0.6) is 0 Å². The summed E-state index contributed by atoms with van der Waals surface area (Å²) < 4.78 is 5.49. The summed E-state index contributed by atoms with van der Waals surface area (Å²) in [7, 11) is 0. The Hall–Kier alpha value is -1.38. The normalized spacial score (nSPS) is 19.7. The number of hydrogen-bond acceptors (Lipinski definition) is 2. The fraction of sp³-hybridized carbons (Fsp3) is 0.412. The maximum Gasteiger partial charge on any atom is 0.0620 e. The van der Waals surface area contributed by atoms with Crippen LogP contribution in [0.2, 0.25) is 0 Å². The topological polar surface area (TPSA) is 21.3 Å². The quantitative estimate of drug-likeness (QED) is 0.910. The van der Waals surface area contributed by atoms with E-state index in [-0.39, 0.29) is 0 Å². The van der Waals surface area contributed by atoms with Crippen molar-refractivity contribution >= 4 is 10.8 Å². The van der Waals surface area contributed by atoms with Gasteiger partial charge in [0.05, 0.1) is 13.2 Å². The molecule has 0 radical (unpaired) electrons. The van der Waals surface area contributed by atoms with Crippen LogP contribution >= 0.6 is 0 Å². The predicted molar refractivity (Wildman–Crippen MR) is 79.6 cm³/mol. The van der Waals surface area contributed by atoms with Crippen LogP contribution in [-0.4, -0.2) is 25.8 Å². The van der Waals surface area contributed by atoms with E-state index in [1.165, 1.54) is 21.9 Å². The zero-order valence-electron chi connectivity index (χ0n) is 11.5. The second-order valence-electron chi connectivity index (χ2n) is 5.45. The molecule has 1 aliphatic heterocycles. The molecular formula is C17H21NO. The molecule has 1 atom stereocenters. The summed E-state index contributed by atoms with van der Waals surface area (Å²) >= 11 is 0. The van der Waals surface area contributed by atoms with Crippen LogP contribution in [0, 0.1) is 6.92 Å². The average molecular weight is 255 g/mol. The number of nitrogens with one attached hydrogen (secondary N) is 1. The van der Waals surface area contributed by atoms with Crippen LogP contribution in [0.25, 0.3) is 10.8 Å². The molecule has 0 bridgehead atoms. The maximum absolute atomic E-state index is 5.49. The van der Waals surface area contributed by atoms with Crippen LogP contribution in [0.3, 0.4) is 0 Å². The van der Waals surface area contributed by atoms with Gasteiger partial charge in [0.25, 0.3) is 0 Å². The number of rotatable bonds is 3. The highest BCUT2D eigenvalue weighted by molar-refractivity contribution is 5.83. The molecule has 2 nitrogen and oxygen atoms in total. The number of benzene rings is 2. The molecule has 100 valence electrons. The lowest BCUT2D eigenvalue weighted by atomic mass is 10.0. The predicted octanol–water partition coefficient (Wildman–Crippen LogP) is 3.07. The van der Waals surface area contributed by atoms with E-state index < -0.39 is 0 Å². The highest BCUT2D eigenvalue weighted by atomic mass is 16.5. The van der Waals surface area contributed by atoms with Gasteiger partial charge in [-0.25, -0.2) is 0 Å². The summed E-state index contributed by atoms with van der Waals surface area (Å²) in [4.78, 5) is 0. The minimum Gasteiger partial charge on any atom is -0.379 e. The molecule has 0 saturated carbocycles. The molecule has 0 aromatic heterocycles. The average Bonchev–Trinajstić information content (AvgIpc) is 2.46. The van der Waals surface area contributed by atoms with Crippen LogP contribution < -0.4 is 5.32 Å². The second kappa shape index (κ2) is 5.72. The van der Waals surface area contributed by atoms with Crippen molar-refractivity contribution in [1.29, 1.82) is 0 Å². The van der Waals surface area contributed by atoms with E-state index in [0.29, 0.717) is 6.04 Å². The van der Waals surface area contributed by atoms with Crippen molar-refractivity contribution in [3.05, 3.63) is 47.5 Å². The van der Waals surface area contributed by atoms with Gasteiger partial charge in [-0.05, 0) is 36.1 Å². The molecule has 2 heteroatoms. The molecule has 0 aliphatic carbocycles. The smallest absolute Gasteiger partial charge is 0.0620 e. The minimum absolute atomic E-state index is 0.516. The first-order valence-electron chi connectivity index (χ1n) is 7.12. The molecule has 3 rings (SSSR count). The van der Waals surface area contributed by atoms with Crippen LogP contribution in [0.15, 0.2) is 36.4 Å². The van der Waals surface area contributed by atoms with E-state index in [9.17, 15) is 0 Å². The number of fused-ring (bicyclic) bond motifs is 1. The summed E-state index contributed by atoms with van der Waals surface area (Å²) in [5.74, 6) is 0. The number of aryl methyl sites for hydroxylation is 2. The largest absolute Gasteiger partial charge is 0.379 e. The number of ether oxygens (including phenoxy) is 1. The Morgan fingerprint density at radius 3 is 2.84 bits per heavy atom. The van der Waals surface area contributed by atoms with E-state index in [4.69, 9.17) is 4.74 Å². The Bertz CT molecular complexity index is 558. The summed E-state index contributed by atoms with van der Waals surface area (Å²) in [5, 5.41) is 6.19. The Kier molecular flexibility index (Phi) is 3.81. The molecule has 2 aromatic carbocycles. The van der Waals surface area contributed by atoms with Gasteiger partial charge in [0.1, 0.15) is 0 Å². The Balaban J connectivity index is 1.69. The van der Waals surface area contributed by atoms with Gasteiger partial charge in [-0.15, -0.1) is 0 Å². The zero-order chi connectivity index (χ0) is 13.1. The molecule has 2 aromatic rings. The van der Waals surface area contributed by atoms with Crippen molar-refractivity contribution in [2.75, 3.05) is 19.8 Å². The van der Waals surface area contributed by atoms with E-state index in [2.05, 4.69) is 48.6 Å². The summed E-state index contributed by atoms with van der Waals surface area (Å²) in [6.07, 6.45) is 2.27. The summed E-state index contributed by atoms with van der Waals surface area (Å²) in [5.41, 5.74) is 2.74. The van der Waals surface area contributed by atoms with Crippen molar-refractivity contribution in [2.45, 2.75) is 25.8 Å². The molecule has 1 aliphatic rings. The van der Waals surface area contributed by atoms with Crippen molar-refractivity contribution in [3.63, 3.8) is 0 Å². The fourth-order valence-electron chi connectivity index (χ4n) is 2.72. The van der Waals surface area contributed by atoms with E-state index in [0.717, 1.165) is 32.6 Å². The highest BCUT2D eigenvalue weighted by Crippen LogP contribution is 2.19. The molecule has 1 unspecified atom stereocenters. The lowest BCUT2D eigenvalue weighted by Crippen LogP contribution is -2.41. The van der Waals surface area contributed by atoms with Gasteiger partial charge in [0, 0.05) is 12.6 Å². The zero-order valence-corrected chi connectivity index (χ0v) is 11.5. The second-order valence-corrected chi connectivity index (χ2v) is 5.45. The highest BCUT2D eigenvalue weighted by Gasteiger charge is 2.12. The van der Waals surface area contributed by atoms with Gasteiger partial charge >= 0.3 is 0 Å². The van der Waals surface area contributed by atoms with E-state index >= 15 is 0 Å². The fourth-order valence-corrected chi connectivity index (χ4v) is 2.72. The minimum atomic E-state index is 0.516. The third kappa shape index (κ3) is 3.14. The van der Waals surface area contributed by atoms with Crippen LogP contribution in [0.4, 0.5) is 0 Å². The van der Waals surface area contributed by atoms with Gasteiger partial charge in [-0.1, -0.05) is 42.0 Å². The van der Waals surface area contributed by atoms with Crippen molar-refractivity contribution in [3.8, 4) is 0 Å². The molecule has 19 heavy (non-hydrogen) atoms. The van der Waals surface area contributed by atoms with Gasteiger partial charge in [0.15, 0.2) is 0 Å². The van der Waals surface area contributed by atoms with Gasteiger partial charge < -0.3 is 10.1 Å². The molecular weight excluding hydrogens is 234 g/mol. The van der Waals surface area contributed by atoms with Gasteiger partial charge in [-0.3, -0.25) is 0 Å². The Morgan fingerprint density at radius 2 is 2.00 bits per heavy atom. The van der Waals surface area contributed by atoms with Gasteiger partial charge in [-0.2, -0.15) is 0 Å². The standard InChI is InChI=1S/C17H21NO/c1-13-2-5-16-11-14(3-6-15(16)10-13)4-7-17-12-19-9-8-18-17/h2-3,5-6,10-11,17-18H,4,7-9,12H2,1H3. The molecule has 1 heterocycles. The van der Waals surface area contributed by atoms with Crippen molar-refractivity contribution in [2.24, 2.45) is 0 Å². The van der Waals surface area contributed by atoms with Crippen molar-refractivity contribution in [1.82, 2.24) is 5.32 Å². The third-order valence-electron chi connectivity index (χ3n) is 3.84. The first kappa shape index (κ1) is 12.6. The lowest BCUT2D eigenvalue weighted by Gasteiger charge is -2.23. The molecule has 1 N–H and O–H groups in total. The summed E-state index contributed by atoms with van der Waals surface area (Å²) in [6.45, 7) is 4.84.